The average Bonchev–Trinajstić information content (AvgIpc) is 2.83. The molecule has 1 aromatic carbocycles. The molecule has 0 atom stereocenters. The molecule has 0 aliphatic carbocycles. The van der Waals surface area contributed by atoms with Crippen molar-refractivity contribution in [3.8, 4) is 22.4 Å². The van der Waals surface area contributed by atoms with Crippen LogP contribution in [0.2, 0.25) is 5.02 Å². The van der Waals surface area contributed by atoms with Crippen molar-refractivity contribution in [3.05, 3.63) is 69.8 Å². The number of likely N-dealkylation sites (tertiary alicyclic amines) is 1. The second-order valence-corrected chi connectivity index (χ2v) is 9.82. The summed E-state index contributed by atoms with van der Waals surface area (Å²) < 4.78 is 1.58. The van der Waals surface area contributed by atoms with E-state index < -0.39 is 5.60 Å². The minimum absolute atomic E-state index is 0.162. The molecule has 1 fully saturated rings. The molecule has 1 saturated heterocycles. The van der Waals surface area contributed by atoms with Crippen molar-refractivity contribution in [3.63, 3.8) is 0 Å². The van der Waals surface area contributed by atoms with E-state index in [0.29, 0.717) is 51.5 Å². The zero-order chi connectivity index (χ0) is 24.7. The number of aryl methyl sites for hydroxylation is 2. The topological polar surface area (TPSA) is 97.0 Å². The third-order valence-corrected chi connectivity index (χ3v) is 6.94. The maximum Gasteiger partial charge on any atom is 0.260 e. The molecule has 4 aromatic rings. The summed E-state index contributed by atoms with van der Waals surface area (Å²) in [5.41, 5.74) is 2.66. The van der Waals surface area contributed by atoms with Gasteiger partial charge in [-0.25, -0.2) is 15.0 Å². The molecule has 0 saturated carbocycles. The smallest absolute Gasteiger partial charge is 0.260 e. The van der Waals surface area contributed by atoms with Crippen LogP contribution in [0.3, 0.4) is 0 Å². The highest BCUT2D eigenvalue weighted by Crippen LogP contribution is 2.32. The van der Waals surface area contributed by atoms with Gasteiger partial charge in [0.2, 0.25) is 0 Å². The maximum atomic E-state index is 13.8. The Morgan fingerprint density at radius 1 is 1.06 bits per heavy atom. The number of rotatable bonds is 4. The second kappa shape index (κ2) is 9.11. The summed E-state index contributed by atoms with van der Waals surface area (Å²) in [5, 5.41) is 12.5. The Kier molecular flexibility index (Phi) is 6.13. The molecule has 1 aliphatic heterocycles. The van der Waals surface area contributed by atoms with Crippen LogP contribution >= 0.6 is 11.6 Å². The van der Waals surface area contributed by atoms with E-state index in [1.165, 1.54) is 0 Å². The fraction of sp³-hybridized carbons (Fsp3) is 0.346. The van der Waals surface area contributed by atoms with Crippen molar-refractivity contribution in [1.82, 2.24) is 29.4 Å². The predicted molar refractivity (Wildman–Crippen MR) is 136 cm³/mol. The lowest BCUT2D eigenvalue weighted by molar-refractivity contribution is -0.0289. The van der Waals surface area contributed by atoms with Gasteiger partial charge in [0, 0.05) is 52.6 Å². The van der Waals surface area contributed by atoms with E-state index in [-0.39, 0.29) is 12.1 Å². The van der Waals surface area contributed by atoms with E-state index >= 15 is 0 Å². The Bertz CT molecular complexity index is 1480. The van der Waals surface area contributed by atoms with Gasteiger partial charge in [-0.2, -0.15) is 0 Å². The van der Waals surface area contributed by atoms with E-state index in [1.807, 2.05) is 26.1 Å². The van der Waals surface area contributed by atoms with Crippen molar-refractivity contribution in [1.29, 1.82) is 0 Å². The summed E-state index contributed by atoms with van der Waals surface area (Å²) in [6, 6.07) is 7.28. The first kappa shape index (κ1) is 23.5. The van der Waals surface area contributed by atoms with E-state index in [9.17, 15) is 9.90 Å². The third kappa shape index (κ3) is 4.69. The van der Waals surface area contributed by atoms with Gasteiger partial charge in [-0.15, -0.1) is 0 Å². The highest BCUT2D eigenvalue weighted by molar-refractivity contribution is 6.33. The number of halogens is 1. The van der Waals surface area contributed by atoms with E-state index in [0.717, 1.165) is 24.3 Å². The molecule has 0 radical (unpaired) electrons. The normalized spacial score (nSPS) is 16.0. The quantitative estimate of drug-likeness (QED) is 0.466. The lowest BCUT2D eigenvalue weighted by atomic mass is 9.91. The van der Waals surface area contributed by atoms with Crippen LogP contribution in [-0.2, 0) is 6.54 Å². The molecule has 35 heavy (non-hydrogen) atoms. The number of pyridine rings is 1. The zero-order valence-electron chi connectivity index (χ0n) is 20.0. The van der Waals surface area contributed by atoms with Crippen LogP contribution in [0.4, 0.5) is 0 Å². The van der Waals surface area contributed by atoms with Gasteiger partial charge < -0.3 is 10.0 Å². The highest BCUT2D eigenvalue weighted by Gasteiger charge is 2.33. The lowest BCUT2D eigenvalue weighted by Crippen LogP contribution is -2.47. The van der Waals surface area contributed by atoms with Gasteiger partial charge in [0.05, 0.1) is 29.7 Å². The van der Waals surface area contributed by atoms with Crippen LogP contribution in [0.5, 0.6) is 0 Å². The molecule has 0 spiro atoms. The fourth-order valence-corrected chi connectivity index (χ4v) is 4.85. The summed E-state index contributed by atoms with van der Waals surface area (Å²) >= 11 is 6.71. The first-order chi connectivity index (χ1) is 16.7. The van der Waals surface area contributed by atoms with Crippen molar-refractivity contribution in [2.45, 2.75) is 38.8 Å². The molecule has 0 amide bonds. The van der Waals surface area contributed by atoms with E-state index in [2.05, 4.69) is 24.8 Å². The Labute approximate surface area is 208 Å². The summed E-state index contributed by atoms with van der Waals surface area (Å²) in [5.74, 6) is 0.565. The van der Waals surface area contributed by atoms with Gasteiger partial charge in [-0.3, -0.25) is 14.3 Å². The molecule has 1 aliphatic rings. The van der Waals surface area contributed by atoms with Gasteiger partial charge in [0.25, 0.3) is 5.56 Å². The zero-order valence-corrected chi connectivity index (χ0v) is 20.7. The lowest BCUT2D eigenvalue weighted by Gasteiger charge is -2.37. The van der Waals surface area contributed by atoms with Crippen LogP contribution in [0.25, 0.3) is 33.4 Å². The minimum atomic E-state index is -0.988. The number of hydrogen-bond acceptors (Lipinski definition) is 7. The summed E-state index contributed by atoms with van der Waals surface area (Å²) in [7, 11) is 2.03. The number of aliphatic hydroxyl groups is 1. The number of hydrogen-bond donors (Lipinski definition) is 1. The molecule has 4 heterocycles. The number of benzene rings is 1. The van der Waals surface area contributed by atoms with Crippen LogP contribution in [0.1, 0.15) is 24.4 Å². The van der Waals surface area contributed by atoms with Gasteiger partial charge in [-0.1, -0.05) is 23.7 Å². The van der Waals surface area contributed by atoms with Crippen molar-refractivity contribution < 1.29 is 5.11 Å². The molecule has 9 heteroatoms. The molecule has 3 aromatic heterocycles. The van der Waals surface area contributed by atoms with E-state index in [1.54, 1.807) is 42.2 Å². The Morgan fingerprint density at radius 2 is 1.83 bits per heavy atom. The number of nitrogens with zero attached hydrogens (tertiary/aromatic N) is 6. The minimum Gasteiger partial charge on any atom is -0.388 e. The maximum absolute atomic E-state index is 13.8. The first-order valence-corrected chi connectivity index (χ1v) is 12.0. The number of piperidine rings is 1. The van der Waals surface area contributed by atoms with Crippen LogP contribution in [-0.4, -0.2) is 60.2 Å². The number of aromatic nitrogens is 5. The molecular formula is C26H27ClN6O2. The molecule has 0 unspecified atom stereocenters. The predicted octanol–water partition coefficient (Wildman–Crippen LogP) is 3.64. The molecular weight excluding hydrogens is 464 g/mol. The van der Waals surface area contributed by atoms with E-state index in [4.69, 9.17) is 11.6 Å². The van der Waals surface area contributed by atoms with Crippen molar-refractivity contribution >= 4 is 22.6 Å². The average molecular weight is 491 g/mol. The molecule has 8 nitrogen and oxygen atoms in total. The van der Waals surface area contributed by atoms with Crippen LogP contribution in [0, 0.1) is 13.8 Å². The SMILES string of the molecule is Cc1cncc(-c2ccc(-c3cc4cnc(C)nc4n(CC4(O)CCN(C)CC4)c3=O)c(Cl)c2)n1. The Hall–Kier alpha value is -3.20. The Morgan fingerprint density at radius 3 is 2.54 bits per heavy atom. The van der Waals surface area contributed by atoms with Gasteiger partial charge >= 0.3 is 0 Å². The summed E-state index contributed by atoms with van der Waals surface area (Å²) in [4.78, 5) is 33.6. The van der Waals surface area contributed by atoms with Gasteiger partial charge in [-0.05, 0) is 45.9 Å². The number of fused-ring (bicyclic) bond motifs is 1. The molecule has 0 bridgehead atoms. The van der Waals surface area contributed by atoms with Gasteiger partial charge in [0.1, 0.15) is 11.5 Å². The highest BCUT2D eigenvalue weighted by atomic mass is 35.5. The summed E-state index contributed by atoms with van der Waals surface area (Å²) in [6.07, 6.45) is 6.25. The largest absolute Gasteiger partial charge is 0.388 e. The van der Waals surface area contributed by atoms with Gasteiger partial charge in [0.15, 0.2) is 0 Å². The molecule has 180 valence electrons. The standard InChI is InChI=1S/C26H27ClN6O2/c1-16-12-28-14-23(30-16)18-4-5-20(22(27)11-18)21-10-19-13-29-17(2)31-24(19)33(25(21)34)15-26(35)6-8-32(3)9-7-26/h4-5,10-14,35H,6-9,15H2,1-3H3. The van der Waals surface area contributed by atoms with Crippen LogP contribution < -0.4 is 5.56 Å². The molecule has 1 N–H and O–H groups in total. The Balaban J connectivity index is 1.63. The van der Waals surface area contributed by atoms with Crippen molar-refractivity contribution in [2.24, 2.45) is 0 Å². The third-order valence-electron chi connectivity index (χ3n) is 6.63. The second-order valence-electron chi connectivity index (χ2n) is 9.41. The first-order valence-electron chi connectivity index (χ1n) is 11.6. The van der Waals surface area contributed by atoms with Crippen LogP contribution in [0.15, 0.2) is 47.7 Å². The fourth-order valence-electron chi connectivity index (χ4n) is 4.57. The van der Waals surface area contributed by atoms with Crippen molar-refractivity contribution in [2.75, 3.05) is 20.1 Å². The monoisotopic (exact) mass is 490 g/mol. The summed E-state index contributed by atoms with van der Waals surface area (Å²) in [6.45, 7) is 5.37. The molecule has 5 rings (SSSR count).